The molecular formula is C8H16N2O. The fourth-order valence-corrected chi connectivity index (χ4v) is 1.26. The number of hydrogen-bond acceptors (Lipinski definition) is 2. The summed E-state index contributed by atoms with van der Waals surface area (Å²) in [6.07, 6.45) is 0. The average molecular weight is 156 g/mol. The molecule has 1 unspecified atom stereocenters. The SMILES string of the molecule is CC1CN(C)C(C)(C)C(=O)N1. The van der Waals surface area contributed by atoms with Gasteiger partial charge in [-0.3, -0.25) is 9.69 Å². The molecule has 1 aliphatic rings. The van der Waals surface area contributed by atoms with Gasteiger partial charge in [0.2, 0.25) is 5.91 Å². The van der Waals surface area contributed by atoms with E-state index in [1.807, 2.05) is 27.8 Å². The maximum Gasteiger partial charge on any atom is 0.240 e. The zero-order valence-corrected chi connectivity index (χ0v) is 7.64. The van der Waals surface area contributed by atoms with Gasteiger partial charge in [-0.25, -0.2) is 0 Å². The summed E-state index contributed by atoms with van der Waals surface area (Å²) in [5.41, 5.74) is -0.341. The lowest BCUT2D eigenvalue weighted by molar-refractivity contribution is -0.135. The molecule has 3 heteroatoms. The van der Waals surface area contributed by atoms with Crippen LogP contribution < -0.4 is 5.32 Å². The number of carbonyl (C=O) groups is 1. The van der Waals surface area contributed by atoms with Gasteiger partial charge in [0.05, 0.1) is 5.54 Å². The van der Waals surface area contributed by atoms with E-state index in [1.54, 1.807) is 0 Å². The molecule has 1 amide bonds. The highest BCUT2D eigenvalue weighted by Gasteiger charge is 2.37. The third-order valence-corrected chi connectivity index (χ3v) is 2.44. The van der Waals surface area contributed by atoms with Gasteiger partial charge >= 0.3 is 0 Å². The average Bonchev–Trinajstić information content (AvgIpc) is 1.84. The largest absolute Gasteiger partial charge is 0.351 e. The lowest BCUT2D eigenvalue weighted by Crippen LogP contribution is -2.63. The van der Waals surface area contributed by atoms with E-state index in [4.69, 9.17) is 0 Å². The van der Waals surface area contributed by atoms with E-state index in [9.17, 15) is 4.79 Å². The fourth-order valence-electron chi connectivity index (χ4n) is 1.26. The summed E-state index contributed by atoms with van der Waals surface area (Å²) >= 11 is 0. The predicted molar refractivity (Wildman–Crippen MR) is 44.3 cm³/mol. The van der Waals surface area contributed by atoms with Crippen LogP contribution in [-0.2, 0) is 4.79 Å². The van der Waals surface area contributed by atoms with Crippen molar-refractivity contribution < 1.29 is 4.79 Å². The van der Waals surface area contributed by atoms with E-state index in [1.165, 1.54) is 0 Å². The molecule has 1 saturated heterocycles. The Morgan fingerprint density at radius 2 is 2.18 bits per heavy atom. The minimum atomic E-state index is -0.341. The van der Waals surface area contributed by atoms with Gasteiger partial charge in [-0.05, 0) is 27.8 Å². The molecule has 64 valence electrons. The van der Waals surface area contributed by atoms with Crippen LogP contribution in [0.4, 0.5) is 0 Å². The highest BCUT2D eigenvalue weighted by atomic mass is 16.2. The molecule has 0 bridgehead atoms. The van der Waals surface area contributed by atoms with Crippen molar-refractivity contribution in [3.8, 4) is 0 Å². The molecule has 11 heavy (non-hydrogen) atoms. The Morgan fingerprint density at radius 3 is 2.64 bits per heavy atom. The summed E-state index contributed by atoms with van der Waals surface area (Å²) in [4.78, 5) is 13.5. The maximum absolute atomic E-state index is 11.4. The number of carbonyl (C=O) groups excluding carboxylic acids is 1. The van der Waals surface area contributed by atoms with Gasteiger partial charge in [0, 0.05) is 12.6 Å². The van der Waals surface area contributed by atoms with Crippen LogP contribution in [0, 0.1) is 0 Å². The van der Waals surface area contributed by atoms with Gasteiger partial charge in [-0.1, -0.05) is 0 Å². The highest BCUT2D eigenvalue weighted by molar-refractivity contribution is 5.86. The third kappa shape index (κ3) is 1.38. The summed E-state index contributed by atoms with van der Waals surface area (Å²) in [6.45, 7) is 6.82. The maximum atomic E-state index is 11.4. The summed E-state index contributed by atoms with van der Waals surface area (Å²) in [7, 11) is 1.98. The lowest BCUT2D eigenvalue weighted by Gasteiger charge is -2.41. The predicted octanol–water partition coefficient (Wildman–Crippen LogP) is 0.215. The van der Waals surface area contributed by atoms with Crippen molar-refractivity contribution in [3.05, 3.63) is 0 Å². The zero-order chi connectivity index (χ0) is 8.65. The van der Waals surface area contributed by atoms with Gasteiger partial charge in [-0.2, -0.15) is 0 Å². The van der Waals surface area contributed by atoms with Gasteiger partial charge in [-0.15, -0.1) is 0 Å². The molecular weight excluding hydrogens is 140 g/mol. The van der Waals surface area contributed by atoms with Crippen LogP contribution in [0.3, 0.4) is 0 Å². The Hall–Kier alpha value is -0.570. The smallest absolute Gasteiger partial charge is 0.240 e. The first kappa shape index (κ1) is 8.53. The number of piperazine rings is 1. The van der Waals surface area contributed by atoms with Crippen LogP contribution >= 0.6 is 0 Å². The van der Waals surface area contributed by atoms with Crippen molar-refractivity contribution in [2.24, 2.45) is 0 Å². The Bertz CT molecular complexity index is 177. The van der Waals surface area contributed by atoms with Gasteiger partial charge in [0.15, 0.2) is 0 Å². The lowest BCUT2D eigenvalue weighted by atomic mass is 9.98. The van der Waals surface area contributed by atoms with Gasteiger partial charge < -0.3 is 5.32 Å². The van der Waals surface area contributed by atoms with Crippen molar-refractivity contribution >= 4 is 5.91 Å². The Balaban J connectivity index is 2.76. The molecule has 0 aromatic rings. The zero-order valence-electron chi connectivity index (χ0n) is 7.64. The van der Waals surface area contributed by atoms with Crippen molar-refractivity contribution in [1.82, 2.24) is 10.2 Å². The second-order valence-electron chi connectivity index (χ2n) is 3.81. The third-order valence-electron chi connectivity index (χ3n) is 2.44. The normalized spacial score (nSPS) is 31.6. The first-order valence-corrected chi connectivity index (χ1v) is 3.97. The number of nitrogens with one attached hydrogen (secondary N) is 1. The second-order valence-corrected chi connectivity index (χ2v) is 3.81. The second kappa shape index (κ2) is 2.48. The fraction of sp³-hybridized carbons (Fsp3) is 0.875. The Labute approximate surface area is 67.8 Å². The molecule has 1 fully saturated rings. The van der Waals surface area contributed by atoms with E-state index >= 15 is 0 Å². The molecule has 0 aliphatic carbocycles. The van der Waals surface area contributed by atoms with Crippen molar-refractivity contribution in [1.29, 1.82) is 0 Å². The quantitative estimate of drug-likeness (QED) is 0.544. The molecule has 0 saturated carbocycles. The number of rotatable bonds is 0. The number of amides is 1. The number of hydrogen-bond donors (Lipinski definition) is 1. The molecule has 0 aromatic heterocycles. The molecule has 0 radical (unpaired) electrons. The van der Waals surface area contributed by atoms with Crippen LogP contribution in [0.25, 0.3) is 0 Å². The minimum Gasteiger partial charge on any atom is -0.351 e. The summed E-state index contributed by atoms with van der Waals surface area (Å²) in [5.74, 6) is 0.124. The van der Waals surface area contributed by atoms with Crippen LogP contribution in [0.2, 0.25) is 0 Å². The number of nitrogens with zero attached hydrogens (tertiary/aromatic N) is 1. The van der Waals surface area contributed by atoms with Gasteiger partial charge in [0.1, 0.15) is 0 Å². The van der Waals surface area contributed by atoms with Crippen LogP contribution in [0.1, 0.15) is 20.8 Å². The van der Waals surface area contributed by atoms with Gasteiger partial charge in [0.25, 0.3) is 0 Å². The van der Waals surface area contributed by atoms with E-state index in [0.717, 1.165) is 6.54 Å². The molecule has 1 atom stereocenters. The van der Waals surface area contributed by atoms with Crippen molar-refractivity contribution in [3.63, 3.8) is 0 Å². The first-order chi connectivity index (χ1) is 4.94. The molecule has 3 nitrogen and oxygen atoms in total. The summed E-state index contributed by atoms with van der Waals surface area (Å²) in [5, 5.41) is 2.92. The van der Waals surface area contributed by atoms with Crippen molar-refractivity contribution in [2.75, 3.05) is 13.6 Å². The molecule has 1 N–H and O–H groups in total. The van der Waals surface area contributed by atoms with E-state index in [-0.39, 0.29) is 17.5 Å². The highest BCUT2D eigenvalue weighted by Crippen LogP contribution is 2.16. The summed E-state index contributed by atoms with van der Waals surface area (Å²) in [6, 6.07) is 0.278. The molecule has 1 heterocycles. The monoisotopic (exact) mass is 156 g/mol. The molecule has 1 rings (SSSR count). The van der Waals surface area contributed by atoms with E-state index in [0.29, 0.717) is 0 Å². The number of likely N-dealkylation sites (N-methyl/N-ethyl adjacent to an activating group) is 1. The van der Waals surface area contributed by atoms with Crippen LogP contribution in [-0.4, -0.2) is 36.0 Å². The Kier molecular flexibility index (Phi) is 1.92. The van der Waals surface area contributed by atoms with Crippen LogP contribution in [0.15, 0.2) is 0 Å². The topological polar surface area (TPSA) is 32.3 Å². The van der Waals surface area contributed by atoms with Crippen molar-refractivity contribution in [2.45, 2.75) is 32.4 Å². The molecule has 0 spiro atoms. The molecule has 0 aromatic carbocycles. The Morgan fingerprint density at radius 1 is 1.64 bits per heavy atom. The minimum absolute atomic E-state index is 0.124. The van der Waals surface area contributed by atoms with Crippen LogP contribution in [0.5, 0.6) is 0 Å². The van der Waals surface area contributed by atoms with E-state index in [2.05, 4.69) is 10.2 Å². The first-order valence-electron chi connectivity index (χ1n) is 3.97. The molecule has 1 aliphatic heterocycles. The standard InChI is InChI=1S/C8H16N2O/c1-6-5-10(4)8(2,3)7(11)9-6/h6H,5H2,1-4H3,(H,9,11). The summed E-state index contributed by atoms with van der Waals surface area (Å²) < 4.78 is 0. The van der Waals surface area contributed by atoms with E-state index < -0.39 is 0 Å².